The van der Waals surface area contributed by atoms with E-state index in [1.807, 2.05) is 61.0 Å². The van der Waals surface area contributed by atoms with Gasteiger partial charge >= 0.3 is 0 Å². The number of fused-ring (bicyclic) bond motifs is 1. The quantitative estimate of drug-likeness (QED) is 0.548. The van der Waals surface area contributed by atoms with Crippen LogP contribution in [0.5, 0.6) is 0 Å². The molecule has 6 nitrogen and oxygen atoms in total. The first-order valence-corrected chi connectivity index (χ1v) is 13.0. The van der Waals surface area contributed by atoms with Crippen LogP contribution in [0.2, 0.25) is 0 Å². The van der Waals surface area contributed by atoms with Gasteiger partial charge in [0.1, 0.15) is 16.9 Å². The number of nitrogens with one attached hydrogen (secondary N) is 1. The van der Waals surface area contributed by atoms with Crippen LogP contribution in [-0.2, 0) is 11.3 Å². The highest BCUT2D eigenvalue weighted by Gasteiger charge is 2.49. The number of anilines is 1. The lowest BCUT2D eigenvalue weighted by Crippen LogP contribution is -2.65. The molecule has 1 aliphatic carbocycles. The third-order valence-corrected chi connectivity index (χ3v) is 8.04. The fourth-order valence-corrected chi connectivity index (χ4v) is 5.83. The van der Waals surface area contributed by atoms with Gasteiger partial charge in [0.2, 0.25) is 5.91 Å². The summed E-state index contributed by atoms with van der Waals surface area (Å²) in [5.41, 5.74) is 0.925. The third kappa shape index (κ3) is 3.65. The molecule has 1 aromatic carbocycles. The van der Waals surface area contributed by atoms with Crippen molar-refractivity contribution in [2.75, 3.05) is 11.2 Å². The molecule has 5 rings (SSSR count). The highest BCUT2D eigenvalue weighted by Crippen LogP contribution is 2.36. The van der Waals surface area contributed by atoms with E-state index in [0.29, 0.717) is 12.2 Å². The summed E-state index contributed by atoms with van der Waals surface area (Å²) in [6.45, 7) is 2.16. The SMILES string of the molecule is CSc1cccc(N2C(=O)c3cc(-c4cccs4)nn3CC2(C)C(=O)NC2CCCC2)c1. The van der Waals surface area contributed by atoms with Crippen molar-refractivity contribution in [3.8, 4) is 10.6 Å². The molecular weight excluding hydrogens is 440 g/mol. The number of hydrogen-bond donors (Lipinski definition) is 1. The summed E-state index contributed by atoms with van der Waals surface area (Å²) in [6, 6.07) is 13.8. The van der Waals surface area contributed by atoms with E-state index < -0.39 is 5.54 Å². The minimum Gasteiger partial charge on any atom is -0.351 e. The summed E-state index contributed by atoms with van der Waals surface area (Å²) >= 11 is 3.20. The van der Waals surface area contributed by atoms with E-state index in [0.717, 1.165) is 46.8 Å². The smallest absolute Gasteiger partial charge is 0.277 e. The Labute approximate surface area is 196 Å². The van der Waals surface area contributed by atoms with Crippen LogP contribution in [0.1, 0.15) is 43.1 Å². The van der Waals surface area contributed by atoms with Gasteiger partial charge in [0.25, 0.3) is 5.91 Å². The minimum atomic E-state index is -1.08. The fourth-order valence-electron chi connectivity index (χ4n) is 4.69. The Morgan fingerprint density at radius 2 is 2.03 bits per heavy atom. The Bertz CT molecular complexity index is 1150. The molecule has 1 unspecified atom stereocenters. The number of carbonyl (C=O) groups excluding carboxylic acids is 2. The standard InChI is InChI=1S/C24H26N4O2S2/c1-24(23(30)25-16-7-3-4-8-16)15-27-20(14-19(26-27)21-11-6-12-32-21)22(29)28(24)17-9-5-10-18(13-17)31-2/h5-6,9-14,16H,3-4,7-8,15H2,1-2H3,(H,25,30). The molecule has 8 heteroatoms. The van der Waals surface area contributed by atoms with Gasteiger partial charge in [-0.1, -0.05) is 25.0 Å². The topological polar surface area (TPSA) is 67.2 Å². The number of hydrogen-bond acceptors (Lipinski definition) is 5. The van der Waals surface area contributed by atoms with Crippen molar-refractivity contribution in [1.82, 2.24) is 15.1 Å². The molecule has 1 saturated carbocycles. The van der Waals surface area contributed by atoms with E-state index >= 15 is 0 Å². The minimum absolute atomic E-state index is 0.119. The van der Waals surface area contributed by atoms with Crippen molar-refractivity contribution in [3.05, 3.63) is 53.5 Å². The van der Waals surface area contributed by atoms with Gasteiger partial charge in [-0.25, -0.2) is 0 Å². The molecule has 3 heterocycles. The maximum atomic E-state index is 13.8. The Hall–Kier alpha value is -2.58. The van der Waals surface area contributed by atoms with E-state index in [9.17, 15) is 9.59 Å². The monoisotopic (exact) mass is 466 g/mol. The highest BCUT2D eigenvalue weighted by molar-refractivity contribution is 7.98. The van der Waals surface area contributed by atoms with Crippen molar-refractivity contribution in [2.45, 2.75) is 55.6 Å². The summed E-state index contributed by atoms with van der Waals surface area (Å²) in [5, 5.41) is 9.93. The van der Waals surface area contributed by atoms with Crippen LogP contribution in [0.3, 0.4) is 0 Å². The Balaban J connectivity index is 1.59. The summed E-state index contributed by atoms with van der Waals surface area (Å²) in [6.07, 6.45) is 6.26. The van der Waals surface area contributed by atoms with Gasteiger partial charge in [-0.15, -0.1) is 23.1 Å². The number of carbonyl (C=O) groups is 2. The Morgan fingerprint density at radius 1 is 1.22 bits per heavy atom. The van der Waals surface area contributed by atoms with Crippen LogP contribution < -0.4 is 10.2 Å². The maximum absolute atomic E-state index is 13.8. The molecule has 0 bridgehead atoms. The van der Waals surface area contributed by atoms with Crippen molar-refractivity contribution in [2.24, 2.45) is 0 Å². The number of thioether (sulfide) groups is 1. The van der Waals surface area contributed by atoms with Crippen LogP contribution >= 0.6 is 23.1 Å². The molecule has 1 N–H and O–H groups in total. The van der Waals surface area contributed by atoms with Gasteiger partial charge in [0.05, 0.1) is 11.4 Å². The second-order valence-corrected chi connectivity index (χ2v) is 10.4. The number of amides is 2. The zero-order valence-corrected chi connectivity index (χ0v) is 19.8. The van der Waals surface area contributed by atoms with Crippen LogP contribution in [0, 0.1) is 0 Å². The van der Waals surface area contributed by atoms with Crippen LogP contribution in [0.4, 0.5) is 5.69 Å². The van der Waals surface area contributed by atoms with Crippen LogP contribution in [0.15, 0.2) is 52.7 Å². The first kappa shape index (κ1) is 21.3. The van der Waals surface area contributed by atoms with E-state index in [2.05, 4.69) is 5.32 Å². The molecule has 3 aromatic rings. The predicted octanol–water partition coefficient (Wildman–Crippen LogP) is 4.81. The maximum Gasteiger partial charge on any atom is 0.277 e. The summed E-state index contributed by atoms with van der Waals surface area (Å²) < 4.78 is 1.71. The Morgan fingerprint density at radius 3 is 2.75 bits per heavy atom. The van der Waals surface area contributed by atoms with Gasteiger partial charge in [0, 0.05) is 16.6 Å². The molecule has 1 atom stereocenters. The first-order valence-electron chi connectivity index (χ1n) is 10.9. The third-order valence-electron chi connectivity index (χ3n) is 6.42. The largest absolute Gasteiger partial charge is 0.351 e. The van der Waals surface area contributed by atoms with Gasteiger partial charge in [-0.2, -0.15) is 5.10 Å². The molecular formula is C24H26N4O2S2. The lowest BCUT2D eigenvalue weighted by atomic mass is 9.93. The van der Waals surface area contributed by atoms with Crippen LogP contribution in [-0.4, -0.2) is 39.4 Å². The number of thiophene rings is 1. The second-order valence-electron chi connectivity index (χ2n) is 8.62. The second kappa shape index (κ2) is 8.41. The van der Waals surface area contributed by atoms with E-state index in [1.165, 1.54) is 0 Å². The molecule has 0 saturated heterocycles. The number of aromatic nitrogens is 2. The Kier molecular flexibility index (Phi) is 5.59. The molecule has 0 radical (unpaired) electrons. The predicted molar refractivity (Wildman–Crippen MR) is 129 cm³/mol. The molecule has 32 heavy (non-hydrogen) atoms. The highest BCUT2D eigenvalue weighted by atomic mass is 32.2. The zero-order chi connectivity index (χ0) is 22.3. The zero-order valence-electron chi connectivity index (χ0n) is 18.2. The van der Waals surface area contributed by atoms with Gasteiger partial charge in [-0.3, -0.25) is 19.2 Å². The van der Waals surface area contributed by atoms with Crippen molar-refractivity contribution in [3.63, 3.8) is 0 Å². The lowest BCUT2D eigenvalue weighted by molar-refractivity contribution is -0.127. The average molecular weight is 467 g/mol. The molecule has 2 aliphatic rings. The average Bonchev–Trinajstić information content (AvgIpc) is 3.55. The molecule has 166 valence electrons. The van der Waals surface area contributed by atoms with E-state index in [-0.39, 0.29) is 17.9 Å². The van der Waals surface area contributed by atoms with Crippen LogP contribution in [0.25, 0.3) is 10.6 Å². The molecule has 2 amide bonds. The fraction of sp³-hybridized carbons (Fsp3) is 0.375. The molecule has 0 spiro atoms. The first-order chi connectivity index (χ1) is 15.5. The molecule has 1 aliphatic heterocycles. The number of benzene rings is 1. The van der Waals surface area contributed by atoms with Crippen molar-refractivity contribution >= 4 is 40.6 Å². The normalized spacial score (nSPS) is 21.1. The van der Waals surface area contributed by atoms with Crippen molar-refractivity contribution < 1.29 is 9.59 Å². The number of rotatable bonds is 5. The summed E-state index contributed by atoms with van der Waals surface area (Å²) in [4.78, 5) is 31.2. The molecule has 1 fully saturated rings. The van der Waals surface area contributed by atoms with E-state index in [4.69, 9.17) is 5.10 Å². The van der Waals surface area contributed by atoms with E-state index in [1.54, 1.807) is 32.7 Å². The number of nitrogens with zero attached hydrogens (tertiary/aromatic N) is 3. The summed E-state index contributed by atoms with van der Waals surface area (Å²) in [5.74, 6) is -0.319. The lowest BCUT2D eigenvalue weighted by Gasteiger charge is -2.43. The van der Waals surface area contributed by atoms with Gasteiger partial charge < -0.3 is 5.32 Å². The summed E-state index contributed by atoms with van der Waals surface area (Å²) in [7, 11) is 0. The van der Waals surface area contributed by atoms with Crippen molar-refractivity contribution in [1.29, 1.82) is 0 Å². The van der Waals surface area contributed by atoms with Gasteiger partial charge in [0.15, 0.2) is 0 Å². The van der Waals surface area contributed by atoms with Gasteiger partial charge in [-0.05, 0) is 61.7 Å². The molecule has 2 aromatic heterocycles.